The number of aromatic nitrogens is 2. The minimum atomic E-state index is -0.282. The Kier molecular flexibility index (Phi) is 4.47. The van der Waals surface area contributed by atoms with E-state index in [4.69, 9.17) is 9.47 Å². The Labute approximate surface area is 139 Å². The van der Waals surface area contributed by atoms with Crippen LogP contribution < -0.4 is 14.8 Å². The van der Waals surface area contributed by atoms with Gasteiger partial charge in [0.25, 0.3) is 5.91 Å². The van der Waals surface area contributed by atoms with Crippen molar-refractivity contribution in [3.05, 3.63) is 54.1 Å². The highest BCUT2D eigenvalue weighted by Gasteiger charge is 2.05. The molecule has 3 rings (SSSR count). The fourth-order valence-electron chi connectivity index (χ4n) is 2.27. The lowest BCUT2D eigenvalue weighted by atomic mass is 10.2. The van der Waals surface area contributed by atoms with Crippen LogP contribution >= 0.6 is 0 Å². The quantitative estimate of drug-likeness (QED) is 0.707. The fraction of sp³-hybridized carbons (Fsp3) is 0.111. The number of anilines is 1. The summed E-state index contributed by atoms with van der Waals surface area (Å²) in [6.45, 7) is 0. The summed E-state index contributed by atoms with van der Waals surface area (Å²) in [5.74, 6) is 1.45. The number of para-hydroxylation sites is 2. The Balaban J connectivity index is 1.73. The second-order valence-corrected chi connectivity index (χ2v) is 5.07. The van der Waals surface area contributed by atoms with Crippen molar-refractivity contribution in [2.45, 2.75) is 0 Å². The maximum absolute atomic E-state index is 12.1. The van der Waals surface area contributed by atoms with Gasteiger partial charge in [-0.25, -0.2) is 4.98 Å². The number of hydrogen-bond acceptors (Lipinski definition) is 4. The number of benzene rings is 2. The summed E-state index contributed by atoms with van der Waals surface area (Å²) in [5, 5.41) is 2.70. The van der Waals surface area contributed by atoms with E-state index in [0.717, 1.165) is 16.6 Å². The number of carbonyl (C=O) groups is 1. The lowest BCUT2D eigenvalue weighted by Gasteiger charge is -2.05. The average Bonchev–Trinajstić information content (AvgIpc) is 3.01. The van der Waals surface area contributed by atoms with Crippen molar-refractivity contribution in [1.29, 1.82) is 0 Å². The number of imidazole rings is 1. The summed E-state index contributed by atoms with van der Waals surface area (Å²) in [6.07, 6.45) is 3.12. The molecule has 6 heteroatoms. The van der Waals surface area contributed by atoms with Gasteiger partial charge in [0.15, 0.2) is 0 Å². The number of rotatable bonds is 5. The zero-order valence-corrected chi connectivity index (χ0v) is 13.4. The van der Waals surface area contributed by atoms with Crippen molar-refractivity contribution in [3.63, 3.8) is 0 Å². The van der Waals surface area contributed by atoms with Gasteiger partial charge in [0.05, 0.1) is 25.3 Å². The topological polar surface area (TPSA) is 76.2 Å². The molecule has 24 heavy (non-hydrogen) atoms. The monoisotopic (exact) mass is 323 g/mol. The van der Waals surface area contributed by atoms with Gasteiger partial charge in [-0.05, 0) is 35.9 Å². The third-order valence-electron chi connectivity index (χ3n) is 3.43. The molecule has 2 aromatic carbocycles. The van der Waals surface area contributed by atoms with Crippen LogP contribution in [-0.2, 0) is 4.79 Å². The molecule has 0 aliphatic carbocycles. The molecule has 6 nitrogen and oxygen atoms in total. The zero-order chi connectivity index (χ0) is 16.9. The van der Waals surface area contributed by atoms with E-state index < -0.39 is 0 Å². The van der Waals surface area contributed by atoms with E-state index in [0.29, 0.717) is 17.4 Å². The molecule has 3 aromatic rings. The predicted molar refractivity (Wildman–Crippen MR) is 93.3 cm³/mol. The molecule has 0 unspecified atom stereocenters. The Bertz CT molecular complexity index is 844. The smallest absolute Gasteiger partial charge is 0.250 e. The number of amides is 1. The minimum absolute atomic E-state index is 0.282. The summed E-state index contributed by atoms with van der Waals surface area (Å²) in [4.78, 5) is 19.4. The Morgan fingerprint density at radius 2 is 1.83 bits per heavy atom. The predicted octanol–water partition coefficient (Wildman–Crippen LogP) is 3.23. The van der Waals surface area contributed by atoms with E-state index >= 15 is 0 Å². The maximum Gasteiger partial charge on any atom is 0.250 e. The number of ether oxygens (including phenoxy) is 2. The molecule has 2 N–H and O–H groups in total. The average molecular weight is 323 g/mol. The van der Waals surface area contributed by atoms with Gasteiger partial charge >= 0.3 is 0 Å². The molecule has 1 amide bonds. The minimum Gasteiger partial charge on any atom is -0.497 e. The number of nitrogens with one attached hydrogen (secondary N) is 2. The first-order valence-corrected chi connectivity index (χ1v) is 7.35. The lowest BCUT2D eigenvalue weighted by Crippen LogP contribution is -2.08. The Morgan fingerprint density at radius 1 is 1.12 bits per heavy atom. The van der Waals surface area contributed by atoms with E-state index in [-0.39, 0.29) is 5.91 Å². The summed E-state index contributed by atoms with van der Waals surface area (Å²) in [6, 6.07) is 13.0. The first kappa shape index (κ1) is 15.6. The molecule has 0 fully saturated rings. The molecule has 0 spiro atoms. The number of hydrogen-bond donors (Lipinski definition) is 2. The van der Waals surface area contributed by atoms with E-state index in [1.165, 1.54) is 6.08 Å². The van der Waals surface area contributed by atoms with Crippen LogP contribution in [0, 0.1) is 0 Å². The van der Waals surface area contributed by atoms with Gasteiger partial charge in [-0.3, -0.25) is 10.1 Å². The fourth-order valence-corrected chi connectivity index (χ4v) is 2.27. The summed E-state index contributed by atoms with van der Waals surface area (Å²) < 4.78 is 10.4. The maximum atomic E-state index is 12.1. The molecule has 0 saturated carbocycles. The molecule has 0 radical (unpaired) electrons. The van der Waals surface area contributed by atoms with E-state index in [9.17, 15) is 4.79 Å². The van der Waals surface area contributed by atoms with Crippen molar-refractivity contribution >= 4 is 29.0 Å². The van der Waals surface area contributed by atoms with Crippen LogP contribution in [-0.4, -0.2) is 30.1 Å². The van der Waals surface area contributed by atoms with Gasteiger partial charge in [-0.15, -0.1) is 0 Å². The number of H-pyrrole nitrogens is 1. The molecule has 1 heterocycles. The van der Waals surface area contributed by atoms with Crippen molar-refractivity contribution in [3.8, 4) is 11.5 Å². The highest BCUT2D eigenvalue weighted by atomic mass is 16.5. The number of fused-ring (bicyclic) bond motifs is 1. The number of methoxy groups -OCH3 is 2. The number of aromatic amines is 1. The van der Waals surface area contributed by atoms with Crippen molar-refractivity contribution in [2.75, 3.05) is 19.5 Å². The van der Waals surface area contributed by atoms with Crippen LogP contribution in [0.1, 0.15) is 5.56 Å². The molecule has 1 aromatic heterocycles. The van der Waals surface area contributed by atoms with E-state index in [1.807, 2.05) is 36.4 Å². The third kappa shape index (κ3) is 3.55. The molecule has 0 saturated heterocycles. The van der Waals surface area contributed by atoms with Crippen molar-refractivity contribution in [2.24, 2.45) is 0 Å². The normalized spacial score (nSPS) is 10.9. The molecular weight excluding hydrogens is 306 g/mol. The molecule has 0 bridgehead atoms. The van der Waals surface area contributed by atoms with E-state index in [1.54, 1.807) is 26.4 Å². The Hall–Kier alpha value is -3.28. The SMILES string of the molecule is COc1cc(/C=C/C(=O)Nc2nc3ccccc3[nH]2)cc(OC)c1. The van der Waals surface area contributed by atoms with Gasteiger partial charge in [-0.2, -0.15) is 0 Å². The highest BCUT2D eigenvalue weighted by Crippen LogP contribution is 2.23. The van der Waals surface area contributed by atoms with E-state index in [2.05, 4.69) is 15.3 Å². The second-order valence-electron chi connectivity index (χ2n) is 5.07. The largest absolute Gasteiger partial charge is 0.497 e. The number of nitrogens with zero attached hydrogens (tertiary/aromatic N) is 1. The summed E-state index contributed by atoms with van der Waals surface area (Å²) in [5.41, 5.74) is 2.47. The first-order valence-electron chi connectivity index (χ1n) is 7.35. The number of carbonyl (C=O) groups excluding carboxylic acids is 1. The molecular formula is C18H17N3O3. The van der Waals surface area contributed by atoms with Gasteiger partial charge in [-0.1, -0.05) is 12.1 Å². The highest BCUT2D eigenvalue weighted by molar-refractivity contribution is 6.01. The standard InChI is InChI=1S/C18H17N3O3/c1-23-13-9-12(10-14(11-13)24-2)7-8-17(22)21-18-19-15-5-3-4-6-16(15)20-18/h3-11H,1-2H3,(H2,19,20,21,22)/b8-7+. The third-order valence-corrected chi connectivity index (χ3v) is 3.43. The van der Waals surface area contributed by atoms with Crippen LogP contribution in [0.4, 0.5) is 5.95 Å². The van der Waals surface area contributed by atoms with Gasteiger partial charge in [0.2, 0.25) is 5.95 Å². The molecule has 0 aliphatic heterocycles. The molecule has 0 atom stereocenters. The van der Waals surface area contributed by atoms with Gasteiger partial charge < -0.3 is 14.5 Å². The van der Waals surface area contributed by atoms with Crippen LogP contribution in [0.2, 0.25) is 0 Å². The first-order chi connectivity index (χ1) is 11.7. The summed E-state index contributed by atoms with van der Waals surface area (Å²) >= 11 is 0. The lowest BCUT2D eigenvalue weighted by molar-refractivity contribution is -0.111. The van der Waals surface area contributed by atoms with Crippen LogP contribution in [0.15, 0.2) is 48.5 Å². The Morgan fingerprint density at radius 3 is 2.50 bits per heavy atom. The molecule has 122 valence electrons. The van der Waals surface area contributed by atoms with Crippen LogP contribution in [0.5, 0.6) is 11.5 Å². The molecule has 0 aliphatic rings. The van der Waals surface area contributed by atoms with Crippen molar-refractivity contribution in [1.82, 2.24) is 9.97 Å². The summed E-state index contributed by atoms with van der Waals surface area (Å²) in [7, 11) is 3.16. The second kappa shape index (κ2) is 6.87. The zero-order valence-electron chi connectivity index (χ0n) is 13.4. The van der Waals surface area contributed by atoms with Gasteiger partial charge in [0.1, 0.15) is 11.5 Å². The van der Waals surface area contributed by atoms with Crippen LogP contribution in [0.3, 0.4) is 0 Å². The van der Waals surface area contributed by atoms with Crippen molar-refractivity contribution < 1.29 is 14.3 Å². The van der Waals surface area contributed by atoms with Crippen LogP contribution in [0.25, 0.3) is 17.1 Å². The van der Waals surface area contributed by atoms with Gasteiger partial charge in [0, 0.05) is 12.1 Å².